The zero-order valence-electron chi connectivity index (χ0n) is 9.84. The summed E-state index contributed by atoms with van der Waals surface area (Å²) < 4.78 is 6.19. The number of rotatable bonds is 4. The van der Waals surface area contributed by atoms with E-state index < -0.39 is 0 Å². The molecule has 3 N–H and O–H groups in total. The second-order valence-corrected chi connectivity index (χ2v) is 4.83. The highest BCUT2D eigenvalue weighted by molar-refractivity contribution is 9.10. The molecule has 0 bridgehead atoms. The summed E-state index contributed by atoms with van der Waals surface area (Å²) in [6, 6.07) is 5.58. The molecule has 0 saturated carbocycles. The molecule has 4 nitrogen and oxygen atoms in total. The van der Waals surface area contributed by atoms with Crippen LogP contribution >= 0.6 is 27.5 Å². The van der Waals surface area contributed by atoms with Crippen LogP contribution in [0.25, 0.3) is 11.3 Å². The summed E-state index contributed by atoms with van der Waals surface area (Å²) in [5.74, 6) is 1.40. The first kappa shape index (κ1) is 13.4. The van der Waals surface area contributed by atoms with Gasteiger partial charge in [0.2, 0.25) is 0 Å². The normalized spacial score (nSPS) is 10.7. The van der Waals surface area contributed by atoms with Crippen molar-refractivity contribution in [2.24, 2.45) is 5.73 Å². The Balaban J connectivity index is 2.38. The second-order valence-electron chi connectivity index (χ2n) is 3.63. The van der Waals surface area contributed by atoms with Gasteiger partial charge in [-0.1, -0.05) is 11.6 Å². The van der Waals surface area contributed by atoms with Gasteiger partial charge in [-0.25, -0.2) is 4.98 Å². The van der Waals surface area contributed by atoms with Gasteiger partial charge in [0, 0.05) is 5.56 Å². The number of halogens is 2. The van der Waals surface area contributed by atoms with Gasteiger partial charge in [-0.3, -0.25) is 0 Å². The number of H-pyrrole nitrogens is 1. The molecule has 18 heavy (non-hydrogen) atoms. The quantitative estimate of drug-likeness (QED) is 0.903. The molecular weight excluding hydrogens is 318 g/mol. The van der Waals surface area contributed by atoms with Gasteiger partial charge in [0.05, 0.1) is 18.2 Å². The number of nitrogens with two attached hydrogens (primary N) is 1. The van der Waals surface area contributed by atoms with E-state index in [9.17, 15) is 0 Å². The molecule has 0 atom stereocenters. The minimum absolute atomic E-state index is 0.364. The Morgan fingerprint density at radius 3 is 2.83 bits per heavy atom. The number of benzene rings is 1. The van der Waals surface area contributed by atoms with E-state index in [4.69, 9.17) is 22.1 Å². The molecule has 96 valence electrons. The molecule has 2 rings (SSSR count). The lowest BCUT2D eigenvalue weighted by atomic mass is 10.1. The molecule has 0 spiro atoms. The Morgan fingerprint density at radius 1 is 1.50 bits per heavy atom. The molecule has 1 aromatic heterocycles. The van der Waals surface area contributed by atoms with Crippen molar-refractivity contribution in [1.29, 1.82) is 0 Å². The summed E-state index contributed by atoms with van der Waals surface area (Å²) >= 11 is 9.57. The van der Waals surface area contributed by atoms with Gasteiger partial charge in [-0.2, -0.15) is 0 Å². The van der Waals surface area contributed by atoms with E-state index in [0.717, 1.165) is 21.7 Å². The molecule has 0 aliphatic heterocycles. The van der Waals surface area contributed by atoms with Gasteiger partial charge in [0.1, 0.15) is 21.9 Å². The summed E-state index contributed by atoms with van der Waals surface area (Å²) in [5.41, 5.74) is 7.24. The Kier molecular flexibility index (Phi) is 4.27. The lowest BCUT2D eigenvalue weighted by molar-refractivity contribution is 0.340. The van der Waals surface area contributed by atoms with E-state index in [1.165, 1.54) is 0 Å². The fraction of sp³-hybridized carbons (Fsp3) is 0.250. The molecule has 0 radical (unpaired) electrons. The van der Waals surface area contributed by atoms with Crippen molar-refractivity contribution in [2.75, 3.05) is 6.61 Å². The number of hydrogen-bond donors (Lipinski definition) is 2. The molecule has 0 amide bonds. The number of nitrogens with one attached hydrogen (secondary N) is 1. The minimum Gasteiger partial charge on any atom is -0.492 e. The monoisotopic (exact) mass is 329 g/mol. The molecule has 0 saturated heterocycles. The van der Waals surface area contributed by atoms with E-state index in [-0.39, 0.29) is 0 Å². The average molecular weight is 331 g/mol. The fourth-order valence-electron chi connectivity index (χ4n) is 1.61. The summed E-state index contributed by atoms with van der Waals surface area (Å²) in [6.07, 6.45) is 0. The predicted molar refractivity (Wildman–Crippen MR) is 75.8 cm³/mol. The maximum Gasteiger partial charge on any atom is 0.137 e. The third-order valence-corrected chi connectivity index (χ3v) is 3.28. The molecule has 1 heterocycles. The van der Waals surface area contributed by atoms with Crippen LogP contribution in [0.3, 0.4) is 0 Å². The largest absolute Gasteiger partial charge is 0.492 e. The molecular formula is C12H13BrClN3O. The van der Waals surface area contributed by atoms with Crippen LogP contribution in [0.4, 0.5) is 0 Å². The third kappa shape index (κ3) is 2.68. The van der Waals surface area contributed by atoms with Crippen molar-refractivity contribution in [1.82, 2.24) is 9.97 Å². The van der Waals surface area contributed by atoms with Crippen LogP contribution in [0.15, 0.2) is 22.8 Å². The van der Waals surface area contributed by atoms with Crippen LogP contribution in [0.2, 0.25) is 5.02 Å². The number of nitrogens with zero attached hydrogens (tertiary/aromatic N) is 1. The maximum atomic E-state index is 6.15. The van der Waals surface area contributed by atoms with Gasteiger partial charge in [-0.05, 0) is 41.1 Å². The Morgan fingerprint density at radius 2 is 2.28 bits per heavy atom. The molecule has 0 aliphatic carbocycles. The van der Waals surface area contributed by atoms with Gasteiger partial charge >= 0.3 is 0 Å². The Bertz CT molecular complexity index is 556. The second kappa shape index (κ2) is 5.73. The molecule has 0 fully saturated rings. The highest BCUT2D eigenvalue weighted by atomic mass is 79.9. The number of aromatic amines is 1. The highest BCUT2D eigenvalue weighted by Gasteiger charge is 2.11. The van der Waals surface area contributed by atoms with Crippen LogP contribution in [0.5, 0.6) is 5.75 Å². The topological polar surface area (TPSA) is 63.9 Å². The van der Waals surface area contributed by atoms with E-state index in [2.05, 4.69) is 25.9 Å². The summed E-state index contributed by atoms with van der Waals surface area (Å²) in [6.45, 7) is 2.87. The van der Waals surface area contributed by atoms with Crippen LogP contribution < -0.4 is 10.5 Å². The number of imidazole rings is 1. The summed E-state index contributed by atoms with van der Waals surface area (Å²) in [7, 11) is 0. The Labute approximate surface area is 119 Å². The first-order valence-corrected chi connectivity index (χ1v) is 6.70. The van der Waals surface area contributed by atoms with E-state index in [1.807, 2.05) is 25.1 Å². The lowest BCUT2D eigenvalue weighted by Gasteiger charge is -2.06. The third-order valence-electron chi connectivity index (χ3n) is 2.41. The van der Waals surface area contributed by atoms with Crippen LogP contribution in [0, 0.1) is 0 Å². The highest BCUT2D eigenvalue weighted by Crippen LogP contribution is 2.32. The molecule has 0 unspecified atom stereocenters. The van der Waals surface area contributed by atoms with Crippen LogP contribution in [0.1, 0.15) is 12.7 Å². The average Bonchev–Trinajstić information content (AvgIpc) is 2.73. The van der Waals surface area contributed by atoms with Crippen molar-refractivity contribution >= 4 is 27.5 Å². The van der Waals surface area contributed by atoms with Gasteiger partial charge in [-0.15, -0.1) is 0 Å². The number of ether oxygens (including phenoxy) is 1. The van der Waals surface area contributed by atoms with Crippen LogP contribution in [-0.2, 0) is 6.54 Å². The smallest absolute Gasteiger partial charge is 0.137 e. The van der Waals surface area contributed by atoms with Crippen molar-refractivity contribution < 1.29 is 4.74 Å². The molecule has 1 aromatic carbocycles. The van der Waals surface area contributed by atoms with Crippen molar-refractivity contribution in [2.45, 2.75) is 13.5 Å². The SMILES string of the molecule is CCOc1ccc(-c2nc(CN)[nH]c2Br)cc1Cl. The van der Waals surface area contributed by atoms with E-state index in [0.29, 0.717) is 23.9 Å². The molecule has 0 aliphatic rings. The first-order chi connectivity index (χ1) is 8.65. The fourth-order valence-corrected chi connectivity index (χ4v) is 2.39. The van der Waals surface area contributed by atoms with E-state index >= 15 is 0 Å². The Hall–Kier alpha value is -1.04. The predicted octanol–water partition coefficient (Wildman–Crippen LogP) is 3.35. The van der Waals surface area contributed by atoms with Gasteiger partial charge in [0.25, 0.3) is 0 Å². The number of hydrogen-bond acceptors (Lipinski definition) is 3. The standard InChI is InChI=1S/C12H13BrClN3O/c1-2-18-9-4-3-7(5-8(9)14)11-12(13)17-10(6-15)16-11/h3-5H,2,6,15H2,1H3,(H,16,17). The number of aromatic nitrogens is 2. The van der Waals surface area contributed by atoms with Crippen molar-refractivity contribution in [3.05, 3.63) is 33.6 Å². The van der Waals surface area contributed by atoms with Crippen molar-refractivity contribution in [3.63, 3.8) is 0 Å². The van der Waals surface area contributed by atoms with Gasteiger partial charge in [0.15, 0.2) is 0 Å². The molecule has 6 heteroatoms. The van der Waals surface area contributed by atoms with E-state index in [1.54, 1.807) is 0 Å². The summed E-state index contributed by atoms with van der Waals surface area (Å²) in [5, 5.41) is 0.568. The summed E-state index contributed by atoms with van der Waals surface area (Å²) in [4.78, 5) is 7.45. The zero-order chi connectivity index (χ0) is 13.1. The lowest BCUT2D eigenvalue weighted by Crippen LogP contribution is -1.97. The first-order valence-electron chi connectivity index (χ1n) is 5.52. The van der Waals surface area contributed by atoms with Crippen LogP contribution in [-0.4, -0.2) is 16.6 Å². The minimum atomic E-state index is 0.364. The maximum absolute atomic E-state index is 6.15. The van der Waals surface area contributed by atoms with Gasteiger partial charge < -0.3 is 15.5 Å². The molecule has 2 aromatic rings. The zero-order valence-corrected chi connectivity index (χ0v) is 12.2. The van der Waals surface area contributed by atoms with Crippen molar-refractivity contribution in [3.8, 4) is 17.0 Å².